The van der Waals surface area contributed by atoms with Crippen LogP contribution in [0.5, 0.6) is 0 Å². The molecular formula is C11H22ClN3O3S. The number of hydrogen-bond acceptors (Lipinski definition) is 5. The molecule has 0 aromatic rings. The summed E-state index contributed by atoms with van der Waals surface area (Å²) in [6, 6.07) is -0.179. The van der Waals surface area contributed by atoms with Crippen molar-refractivity contribution in [2.75, 3.05) is 52.5 Å². The van der Waals surface area contributed by atoms with Gasteiger partial charge in [-0.15, -0.1) is 24.2 Å². The van der Waals surface area contributed by atoms with Crippen LogP contribution in [0, 0.1) is 0 Å². The minimum atomic E-state index is -0.179. The van der Waals surface area contributed by atoms with Crippen LogP contribution in [0.15, 0.2) is 0 Å². The van der Waals surface area contributed by atoms with Crippen molar-refractivity contribution in [2.45, 2.75) is 6.04 Å². The van der Waals surface area contributed by atoms with Gasteiger partial charge < -0.3 is 14.5 Å². The van der Waals surface area contributed by atoms with Gasteiger partial charge in [0.1, 0.15) is 0 Å². The molecule has 1 N–H and O–H groups in total. The largest absolute Gasteiger partial charge is 0.383 e. The average Bonchev–Trinajstić information content (AvgIpc) is 2.86. The summed E-state index contributed by atoms with van der Waals surface area (Å²) in [5.74, 6) is 1.45. The number of nitrogens with one attached hydrogen (secondary N) is 1. The molecule has 0 aromatic carbocycles. The fraction of sp³-hybridized carbons (Fsp3) is 0.818. The van der Waals surface area contributed by atoms with Crippen molar-refractivity contribution in [1.82, 2.24) is 15.1 Å². The molecule has 1 heterocycles. The second-order valence-corrected chi connectivity index (χ2v) is 5.34. The number of methoxy groups -OCH3 is 1. The van der Waals surface area contributed by atoms with E-state index >= 15 is 0 Å². The highest BCUT2D eigenvalue weighted by atomic mass is 35.5. The van der Waals surface area contributed by atoms with E-state index in [4.69, 9.17) is 4.74 Å². The van der Waals surface area contributed by atoms with Gasteiger partial charge >= 0.3 is 0 Å². The SMILES string of the molecule is COCCN(CC(=O)N(C)C)C(=O)C1CSCN1.Cl. The molecule has 112 valence electrons. The Hall–Kier alpha value is -0.500. The Morgan fingerprint density at radius 1 is 1.42 bits per heavy atom. The van der Waals surface area contributed by atoms with E-state index in [2.05, 4.69) is 5.32 Å². The first-order valence-electron chi connectivity index (χ1n) is 5.85. The summed E-state index contributed by atoms with van der Waals surface area (Å²) in [5.41, 5.74) is 0. The molecule has 19 heavy (non-hydrogen) atoms. The van der Waals surface area contributed by atoms with Crippen LogP contribution in [0.4, 0.5) is 0 Å². The van der Waals surface area contributed by atoms with E-state index in [-0.39, 0.29) is 36.8 Å². The summed E-state index contributed by atoms with van der Waals surface area (Å²) in [6.07, 6.45) is 0. The van der Waals surface area contributed by atoms with Gasteiger partial charge in [0.15, 0.2) is 0 Å². The van der Waals surface area contributed by atoms with Crippen molar-refractivity contribution in [2.24, 2.45) is 0 Å². The van der Waals surface area contributed by atoms with Gasteiger partial charge in [0.25, 0.3) is 0 Å². The maximum atomic E-state index is 12.2. The predicted molar refractivity (Wildman–Crippen MR) is 78.6 cm³/mol. The number of halogens is 1. The van der Waals surface area contributed by atoms with E-state index in [1.54, 1.807) is 37.9 Å². The fourth-order valence-corrected chi connectivity index (χ4v) is 2.48. The predicted octanol–water partition coefficient (Wildman–Crippen LogP) is -0.366. The quantitative estimate of drug-likeness (QED) is 0.725. The number of amides is 2. The summed E-state index contributed by atoms with van der Waals surface area (Å²) in [7, 11) is 4.95. The zero-order valence-electron chi connectivity index (χ0n) is 11.5. The van der Waals surface area contributed by atoms with Crippen LogP contribution >= 0.6 is 24.2 Å². The second kappa shape index (κ2) is 9.41. The van der Waals surface area contributed by atoms with E-state index in [1.807, 2.05) is 0 Å². The number of likely N-dealkylation sites (N-methyl/N-ethyl adjacent to an activating group) is 1. The first kappa shape index (κ1) is 18.5. The summed E-state index contributed by atoms with van der Waals surface area (Å²) in [6.45, 7) is 0.988. The molecule has 1 aliphatic rings. The Morgan fingerprint density at radius 3 is 2.58 bits per heavy atom. The summed E-state index contributed by atoms with van der Waals surface area (Å²) in [4.78, 5) is 27.0. The summed E-state index contributed by atoms with van der Waals surface area (Å²) in [5, 5.41) is 3.12. The van der Waals surface area contributed by atoms with Gasteiger partial charge in [0, 0.05) is 39.4 Å². The zero-order chi connectivity index (χ0) is 13.5. The second-order valence-electron chi connectivity index (χ2n) is 4.31. The third-order valence-corrected chi connectivity index (χ3v) is 3.66. The number of ether oxygens (including phenoxy) is 1. The lowest BCUT2D eigenvalue weighted by molar-refractivity contribution is -0.140. The Morgan fingerprint density at radius 2 is 2.11 bits per heavy atom. The Balaban J connectivity index is 0.00000324. The number of carbonyl (C=O) groups is 2. The van der Waals surface area contributed by atoms with Crippen LogP contribution < -0.4 is 5.32 Å². The van der Waals surface area contributed by atoms with E-state index in [0.29, 0.717) is 13.2 Å². The van der Waals surface area contributed by atoms with Gasteiger partial charge in [0.05, 0.1) is 19.2 Å². The topological polar surface area (TPSA) is 61.9 Å². The molecule has 1 rings (SSSR count). The van der Waals surface area contributed by atoms with Gasteiger partial charge in [0.2, 0.25) is 11.8 Å². The number of hydrogen-bond donors (Lipinski definition) is 1. The first-order valence-corrected chi connectivity index (χ1v) is 7.00. The van der Waals surface area contributed by atoms with Crippen molar-refractivity contribution in [3.05, 3.63) is 0 Å². The molecule has 1 unspecified atom stereocenters. The van der Waals surface area contributed by atoms with Crippen LogP contribution in [0.3, 0.4) is 0 Å². The number of thioether (sulfide) groups is 1. The van der Waals surface area contributed by atoms with Crippen LogP contribution in [0.1, 0.15) is 0 Å². The number of rotatable bonds is 6. The molecular weight excluding hydrogens is 290 g/mol. The monoisotopic (exact) mass is 311 g/mol. The van der Waals surface area contributed by atoms with Crippen LogP contribution in [0.25, 0.3) is 0 Å². The van der Waals surface area contributed by atoms with Crippen LogP contribution in [-0.2, 0) is 14.3 Å². The molecule has 1 fully saturated rings. The molecule has 0 aromatic heterocycles. The summed E-state index contributed by atoms with van der Waals surface area (Å²) >= 11 is 1.69. The molecule has 0 aliphatic carbocycles. The molecule has 2 amide bonds. The molecule has 6 nitrogen and oxygen atoms in total. The lowest BCUT2D eigenvalue weighted by Gasteiger charge is -2.26. The van der Waals surface area contributed by atoms with E-state index in [1.165, 1.54) is 4.90 Å². The standard InChI is InChI=1S/C11H21N3O3S.ClH/c1-13(2)10(15)6-14(4-5-17-3)11(16)9-7-18-8-12-9;/h9,12H,4-8H2,1-3H3;1H. The highest BCUT2D eigenvalue weighted by Gasteiger charge is 2.28. The van der Waals surface area contributed by atoms with Gasteiger partial charge in [-0.05, 0) is 0 Å². The van der Waals surface area contributed by atoms with Crippen molar-refractivity contribution in [3.8, 4) is 0 Å². The Bertz CT molecular complexity index is 299. The number of nitrogens with zero attached hydrogens (tertiary/aromatic N) is 2. The third-order valence-electron chi connectivity index (χ3n) is 2.72. The molecule has 0 saturated carbocycles. The maximum absolute atomic E-state index is 12.2. The molecule has 1 atom stereocenters. The highest BCUT2D eigenvalue weighted by Crippen LogP contribution is 2.12. The van der Waals surface area contributed by atoms with Crippen molar-refractivity contribution in [3.63, 3.8) is 0 Å². The van der Waals surface area contributed by atoms with Gasteiger partial charge in [-0.1, -0.05) is 0 Å². The normalized spacial score (nSPS) is 17.7. The first-order chi connectivity index (χ1) is 8.56. The lowest BCUT2D eigenvalue weighted by Crippen LogP contribution is -2.49. The Kier molecular flexibility index (Phi) is 9.16. The van der Waals surface area contributed by atoms with E-state index in [9.17, 15) is 9.59 Å². The lowest BCUT2D eigenvalue weighted by atomic mass is 10.2. The van der Waals surface area contributed by atoms with Crippen LogP contribution in [-0.4, -0.2) is 80.2 Å². The molecule has 0 bridgehead atoms. The van der Waals surface area contributed by atoms with Gasteiger partial charge in [-0.2, -0.15) is 0 Å². The highest BCUT2D eigenvalue weighted by molar-refractivity contribution is 7.99. The smallest absolute Gasteiger partial charge is 0.241 e. The van der Waals surface area contributed by atoms with Gasteiger partial charge in [-0.25, -0.2) is 0 Å². The minimum absolute atomic E-state index is 0. The van der Waals surface area contributed by atoms with E-state index in [0.717, 1.165) is 11.6 Å². The molecule has 8 heteroatoms. The van der Waals surface area contributed by atoms with Crippen molar-refractivity contribution in [1.29, 1.82) is 0 Å². The molecule has 0 radical (unpaired) electrons. The maximum Gasteiger partial charge on any atom is 0.241 e. The zero-order valence-corrected chi connectivity index (χ0v) is 13.2. The molecule has 1 saturated heterocycles. The summed E-state index contributed by atoms with van der Waals surface area (Å²) < 4.78 is 4.98. The van der Waals surface area contributed by atoms with Crippen molar-refractivity contribution < 1.29 is 14.3 Å². The average molecular weight is 312 g/mol. The van der Waals surface area contributed by atoms with Gasteiger partial charge in [-0.3, -0.25) is 14.9 Å². The van der Waals surface area contributed by atoms with Crippen LogP contribution in [0.2, 0.25) is 0 Å². The molecule has 1 aliphatic heterocycles. The van der Waals surface area contributed by atoms with Crippen molar-refractivity contribution >= 4 is 36.0 Å². The third kappa shape index (κ3) is 5.99. The molecule has 0 spiro atoms. The Labute approximate surface area is 124 Å². The fourth-order valence-electron chi connectivity index (χ4n) is 1.55. The minimum Gasteiger partial charge on any atom is -0.383 e. The van der Waals surface area contributed by atoms with E-state index < -0.39 is 0 Å². The number of carbonyl (C=O) groups excluding carboxylic acids is 2.